The zero-order valence-corrected chi connectivity index (χ0v) is 22.8. The van der Waals surface area contributed by atoms with Crippen LogP contribution in [0.15, 0.2) is 108 Å². The summed E-state index contributed by atoms with van der Waals surface area (Å²) < 4.78 is 5.62. The first-order chi connectivity index (χ1) is 20.0. The van der Waals surface area contributed by atoms with E-state index in [2.05, 4.69) is 10.6 Å². The Hall–Kier alpha value is -5.24. The van der Waals surface area contributed by atoms with Crippen molar-refractivity contribution < 1.29 is 19.1 Å². The minimum atomic E-state index is -1.30. The number of aliphatic imine (C=N–C) groups is 1. The van der Waals surface area contributed by atoms with Crippen LogP contribution in [0, 0.1) is 6.92 Å². The monoisotopic (exact) mass is 546 g/mol. The summed E-state index contributed by atoms with van der Waals surface area (Å²) >= 11 is 0. The van der Waals surface area contributed by atoms with Gasteiger partial charge in [0.25, 0.3) is 5.91 Å². The van der Waals surface area contributed by atoms with E-state index in [1.807, 2.05) is 74.5 Å². The highest BCUT2D eigenvalue weighted by molar-refractivity contribution is 6.21. The maximum Gasteiger partial charge on any atom is 0.321 e. The Bertz CT molecular complexity index is 1620. The Morgan fingerprint density at radius 1 is 0.878 bits per heavy atom. The predicted octanol–water partition coefficient (Wildman–Crippen LogP) is 5.61. The highest BCUT2D eigenvalue weighted by Gasteiger charge is 2.34. The van der Waals surface area contributed by atoms with Crippen LogP contribution in [0.3, 0.4) is 0 Å². The molecule has 0 saturated carbocycles. The van der Waals surface area contributed by atoms with E-state index < -0.39 is 18.1 Å². The molecule has 0 saturated heterocycles. The number of para-hydroxylation sites is 3. The second kappa shape index (κ2) is 12.3. The van der Waals surface area contributed by atoms with E-state index in [0.717, 1.165) is 11.1 Å². The lowest BCUT2D eigenvalue weighted by atomic mass is 9.99. The molecule has 1 heterocycles. The van der Waals surface area contributed by atoms with Gasteiger partial charge in [-0.3, -0.25) is 9.59 Å². The summed E-state index contributed by atoms with van der Waals surface area (Å²) in [5, 5.41) is 5.49. The van der Waals surface area contributed by atoms with Crippen LogP contribution in [0.5, 0.6) is 5.75 Å². The summed E-state index contributed by atoms with van der Waals surface area (Å²) in [5.74, 6) is -0.245. The summed E-state index contributed by atoms with van der Waals surface area (Å²) in [6, 6.07) is 30.4. The van der Waals surface area contributed by atoms with Gasteiger partial charge in [-0.25, -0.2) is 9.79 Å². The van der Waals surface area contributed by atoms with Crippen molar-refractivity contribution in [2.24, 2.45) is 4.99 Å². The highest BCUT2D eigenvalue weighted by Crippen LogP contribution is 2.29. The maximum absolute atomic E-state index is 14.1. The van der Waals surface area contributed by atoms with Gasteiger partial charge in [-0.2, -0.15) is 0 Å². The smallest absolute Gasteiger partial charge is 0.321 e. The molecule has 1 aliphatic heterocycles. The summed E-state index contributed by atoms with van der Waals surface area (Å²) in [5.41, 5.74) is 4.31. The van der Waals surface area contributed by atoms with Gasteiger partial charge in [0, 0.05) is 16.7 Å². The molecule has 0 aromatic heterocycles. The molecule has 3 amide bonds. The first-order valence-corrected chi connectivity index (χ1v) is 13.4. The van der Waals surface area contributed by atoms with Crippen molar-refractivity contribution >= 4 is 34.8 Å². The van der Waals surface area contributed by atoms with Crippen molar-refractivity contribution in [3.63, 3.8) is 0 Å². The quantitative estimate of drug-likeness (QED) is 0.281. The third kappa shape index (κ3) is 6.01. The molecule has 4 aromatic carbocycles. The molecule has 206 valence electrons. The third-order valence-corrected chi connectivity index (χ3v) is 6.71. The number of fused-ring (bicyclic) bond motifs is 1. The van der Waals surface area contributed by atoms with Crippen LogP contribution < -0.4 is 20.3 Å². The second-order valence-corrected chi connectivity index (χ2v) is 9.45. The molecule has 2 N–H and O–H groups in total. The third-order valence-electron chi connectivity index (χ3n) is 6.71. The molecule has 41 heavy (non-hydrogen) atoms. The van der Waals surface area contributed by atoms with Crippen molar-refractivity contribution in [1.82, 2.24) is 5.32 Å². The first-order valence-electron chi connectivity index (χ1n) is 13.4. The van der Waals surface area contributed by atoms with Crippen molar-refractivity contribution in [2.75, 3.05) is 23.4 Å². The molecule has 5 rings (SSSR count). The van der Waals surface area contributed by atoms with Crippen molar-refractivity contribution in [3.8, 4) is 5.75 Å². The number of ether oxygens (including phenoxy) is 1. The number of benzodiazepines with no additional fused rings is 1. The molecule has 1 aliphatic rings. The van der Waals surface area contributed by atoms with Gasteiger partial charge < -0.3 is 20.3 Å². The Labute approximate surface area is 238 Å². The zero-order valence-electron chi connectivity index (χ0n) is 22.8. The van der Waals surface area contributed by atoms with Crippen molar-refractivity contribution in [3.05, 3.63) is 125 Å². The fourth-order valence-corrected chi connectivity index (χ4v) is 4.76. The number of hydrogen-bond donors (Lipinski definition) is 2. The lowest BCUT2D eigenvalue weighted by Crippen LogP contribution is -2.50. The molecule has 0 aliphatic carbocycles. The van der Waals surface area contributed by atoms with Gasteiger partial charge in [0.05, 0.1) is 30.2 Å². The molecule has 4 aromatic rings. The van der Waals surface area contributed by atoms with E-state index >= 15 is 0 Å². The van der Waals surface area contributed by atoms with E-state index in [9.17, 15) is 14.4 Å². The molecule has 0 fully saturated rings. The van der Waals surface area contributed by atoms with E-state index in [4.69, 9.17) is 9.73 Å². The van der Waals surface area contributed by atoms with Gasteiger partial charge in [-0.05, 0) is 37.6 Å². The summed E-state index contributed by atoms with van der Waals surface area (Å²) in [4.78, 5) is 47.0. The second-order valence-electron chi connectivity index (χ2n) is 9.45. The number of amides is 3. The van der Waals surface area contributed by atoms with Gasteiger partial charge in [-0.1, -0.05) is 84.9 Å². The molecule has 0 spiro atoms. The number of nitrogens with zero attached hydrogens (tertiary/aromatic N) is 2. The standard InChI is InChI=1S/C33H30N4O4/c1-3-41-29-20-12-10-18-26(29)34-33(40)36-31-32(39)37(21-28(38)24-16-8-7-13-22(24)2)27-19-11-9-17-25(27)30(35-31)23-14-5-4-6-15-23/h4-20,31H,3,21H2,1-2H3,(H2,34,36,40). The van der Waals surface area contributed by atoms with Crippen LogP contribution in [0.1, 0.15) is 34.0 Å². The fraction of sp³-hybridized carbons (Fsp3) is 0.152. The van der Waals surface area contributed by atoms with Crippen LogP contribution in [0.2, 0.25) is 0 Å². The zero-order chi connectivity index (χ0) is 28.8. The Morgan fingerprint density at radius 3 is 2.34 bits per heavy atom. The molecule has 0 radical (unpaired) electrons. The number of benzene rings is 4. The summed E-state index contributed by atoms with van der Waals surface area (Å²) in [6.45, 7) is 3.92. The van der Waals surface area contributed by atoms with E-state index in [1.54, 1.807) is 42.5 Å². The van der Waals surface area contributed by atoms with Crippen LogP contribution in [0.25, 0.3) is 0 Å². The predicted molar refractivity (Wildman–Crippen MR) is 160 cm³/mol. The van der Waals surface area contributed by atoms with Gasteiger partial charge >= 0.3 is 6.03 Å². The SMILES string of the molecule is CCOc1ccccc1NC(=O)NC1N=C(c2ccccc2)c2ccccc2N(CC(=O)c2ccccc2C)C1=O. The average molecular weight is 547 g/mol. The van der Waals surface area contributed by atoms with Gasteiger partial charge in [0.2, 0.25) is 6.17 Å². The molecule has 1 atom stereocenters. The van der Waals surface area contributed by atoms with E-state index in [-0.39, 0.29) is 12.3 Å². The number of urea groups is 1. The van der Waals surface area contributed by atoms with Gasteiger partial charge in [0.1, 0.15) is 5.75 Å². The van der Waals surface area contributed by atoms with Crippen LogP contribution >= 0.6 is 0 Å². The van der Waals surface area contributed by atoms with E-state index in [1.165, 1.54) is 4.90 Å². The largest absolute Gasteiger partial charge is 0.492 e. The van der Waals surface area contributed by atoms with Gasteiger partial charge in [-0.15, -0.1) is 0 Å². The average Bonchev–Trinajstić information content (AvgIpc) is 3.09. The molecule has 0 bridgehead atoms. The van der Waals surface area contributed by atoms with E-state index in [0.29, 0.717) is 40.6 Å². The molecule has 8 heteroatoms. The van der Waals surface area contributed by atoms with Crippen molar-refractivity contribution in [2.45, 2.75) is 20.0 Å². The minimum absolute atomic E-state index is 0.217. The molecular formula is C33H30N4O4. The highest BCUT2D eigenvalue weighted by atomic mass is 16.5. The number of nitrogens with one attached hydrogen (secondary N) is 2. The maximum atomic E-state index is 14.1. The normalized spacial score (nSPS) is 14.4. The molecular weight excluding hydrogens is 516 g/mol. The van der Waals surface area contributed by atoms with Crippen LogP contribution in [-0.4, -0.2) is 42.8 Å². The Morgan fingerprint density at radius 2 is 1.56 bits per heavy atom. The van der Waals surface area contributed by atoms with Crippen LogP contribution in [0.4, 0.5) is 16.2 Å². The fourth-order valence-electron chi connectivity index (χ4n) is 4.76. The Balaban J connectivity index is 1.53. The lowest BCUT2D eigenvalue weighted by Gasteiger charge is -2.25. The summed E-state index contributed by atoms with van der Waals surface area (Å²) in [6.07, 6.45) is -1.30. The number of rotatable bonds is 8. The summed E-state index contributed by atoms with van der Waals surface area (Å²) in [7, 11) is 0. The number of carbonyl (C=O) groups excluding carboxylic acids is 3. The number of carbonyl (C=O) groups is 3. The topological polar surface area (TPSA) is 100 Å². The number of anilines is 2. The molecule has 8 nitrogen and oxygen atoms in total. The van der Waals surface area contributed by atoms with Crippen LogP contribution in [-0.2, 0) is 4.79 Å². The number of ketones is 1. The minimum Gasteiger partial charge on any atom is -0.492 e. The van der Waals surface area contributed by atoms with Gasteiger partial charge in [0.15, 0.2) is 5.78 Å². The Kier molecular flexibility index (Phi) is 8.20. The number of aryl methyl sites for hydroxylation is 1. The first kappa shape index (κ1) is 27.3. The lowest BCUT2D eigenvalue weighted by molar-refractivity contribution is -0.120. The molecule has 1 unspecified atom stereocenters. The van der Waals surface area contributed by atoms with Crippen molar-refractivity contribution in [1.29, 1.82) is 0 Å². The number of Topliss-reactive ketones (excluding diaryl/α,β-unsaturated/α-hetero) is 1. The number of hydrogen-bond acceptors (Lipinski definition) is 5.